The van der Waals surface area contributed by atoms with Gasteiger partial charge in [0.2, 0.25) is 0 Å². The van der Waals surface area contributed by atoms with Crippen molar-refractivity contribution in [3.63, 3.8) is 0 Å². The summed E-state index contributed by atoms with van der Waals surface area (Å²) in [5.74, 6) is -1.11. The average molecular weight is 368 g/mol. The van der Waals surface area contributed by atoms with Crippen molar-refractivity contribution >= 4 is 11.5 Å². The third-order valence-electron chi connectivity index (χ3n) is 6.05. The maximum Gasteiger partial charge on any atom is 0.309 e. The molecule has 2 atom stereocenters. The van der Waals surface area contributed by atoms with Crippen LogP contribution in [0.4, 0.5) is 0 Å². The summed E-state index contributed by atoms with van der Waals surface area (Å²) in [5, 5.41) is 20.2. The molecule has 0 spiro atoms. The molecule has 0 heterocycles. The second kappa shape index (κ2) is 6.98. The molecular formula is C24H20N2O2. The number of ether oxygens (including phenoxy) is 1. The van der Waals surface area contributed by atoms with E-state index in [0.29, 0.717) is 0 Å². The molecule has 138 valence electrons. The lowest BCUT2D eigenvalue weighted by atomic mass is 9.57. The van der Waals surface area contributed by atoms with E-state index in [2.05, 4.69) is 18.2 Å². The fourth-order valence-electron chi connectivity index (χ4n) is 4.85. The van der Waals surface area contributed by atoms with Crippen LogP contribution in [0.5, 0.6) is 0 Å². The van der Waals surface area contributed by atoms with Gasteiger partial charge in [-0.05, 0) is 41.5 Å². The molecule has 0 N–H and O–H groups in total. The molecule has 0 bridgehead atoms. The van der Waals surface area contributed by atoms with Crippen LogP contribution >= 0.6 is 0 Å². The lowest BCUT2D eigenvalue weighted by molar-refractivity contribution is -0.146. The molecule has 0 fully saturated rings. The number of allylic oxidation sites excluding steroid dienone is 2. The van der Waals surface area contributed by atoms with Crippen LogP contribution in [0.25, 0.3) is 5.57 Å². The third kappa shape index (κ3) is 2.62. The van der Waals surface area contributed by atoms with Crippen LogP contribution in [0.3, 0.4) is 0 Å². The highest BCUT2D eigenvalue weighted by molar-refractivity contribution is 5.87. The van der Waals surface area contributed by atoms with Gasteiger partial charge < -0.3 is 4.74 Å². The molecule has 0 amide bonds. The van der Waals surface area contributed by atoms with Crippen molar-refractivity contribution in [3.05, 3.63) is 76.9 Å². The zero-order valence-electron chi connectivity index (χ0n) is 15.7. The predicted molar refractivity (Wildman–Crippen MR) is 105 cm³/mol. The Hall–Kier alpha value is -3.37. The van der Waals surface area contributed by atoms with E-state index < -0.39 is 11.3 Å². The third-order valence-corrected chi connectivity index (χ3v) is 6.05. The van der Waals surface area contributed by atoms with Crippen LogP contribution in [0.2, 0.25) is 0 Å². The number of hydrogen-bond donors (Lipinski definition) is 0. The number of hydrogen-bond acceptors (Lipinski definition) is 4. The lowest BCUT2D eigenvalue weighted by Crippen LogP contribution is -2.39. The van der Waals surface area contributed by atoms with E-state index in [0.717, 1.165) is 40.7 Å². The highest BCUT2D eigenvalue weighted by Crippen LogP contribution is 2.57. The van der Waals surface area contributed by atoms with E-state index in [1.54, 1.807) is 0 Å². The summed E-state index contributed by atoms with van der Waals surface area (Å²) in [5.41, 5.74) is 3.61. The number of esters is 1. The Bertz CT molecular complexity index is 1030. The van der Waals surface area contributed by atoms with Crippen LogP contribution in [-0.4, -0.2) is 13.1 Å². The number of carbonyl (C=O) groups is 1. The summed E-state index contributed by atoms with van der Waals surface area (Å²) < 4.78 is 5.09. The summed E-state index contributed by atoms with van der Waals surface area (Å²) in [7, 11) is 1.37. The summed E-state index contributed by atoms with van der Waals surface area (Å²) in [6, 6.07) is 22.4. The molecular weight excluding hydrogens is 348 g/mol. The van der Waals surface area contributed by atoms with E-state index in [4.69, 9.17) is 4.74 Å². The van der Waals surface area contributed by atoms with Crippen molar-refractivity contribution in [1.29, 1.82) is 10.5 Å². The largest absolute Gasteiger partial charge is 0.469 e. The monoisotopic (exact) mass is 368 g/mol. The fourth-order valence-corrected chi connectivity index (χ4v) is 4.85. The van der Waals surface area contributed by atoms with Gasteiger partial charge in [-0.2, -0.15) is 10.5 Å². The summed E-state index contributed by atoms with van der Waals surface area (Å²) in [6.45, 7) is 0. The summed E-state index contributed by atoms with van der Waals surface area (Å²) in [4.78, 5) is 12.7. The Morgan fingerprint density at radius 1 is 1.04 bits per heavy atom. The smallest absolute Gasteiger partial charge is 0.309 e. The standard InChI is InChI=1S/C24H20N2O2/c1-28-23(27)20-13-24(14-25,15-26)22-18-10-6-5-7-16(18)11-12-19(22)21(20)17-8-3-2-4-9-17/h2-10,20-21H,11-13H2,1H3/t20?,21-/m0/s1. The van der Waals surface area contributed by atoms with Gasteiger partial charge in [-0.25, -0.2) is 0 Å². The van der Waals surface area contributed by atoms with Crippen molar-refractivity contribution in [2.45, 2.75) is 25.2 Å². The molecule has 0 aromatic heterocycles. The molecule has 4 heteroatoms. The maximum atomic E-state index is 12.7. The molecule has 2 aromatic rings. The zero-order valence-corrected chi connectivity index (χ0v) is 15.7. The number of nitriles is 2. The van der Waals surface area contributed by atoms with E-state index in [9.17, 15) is 15.3 Å². The molecule has 2 aromatic carbocycles. The van der Waals surface area contributed by atoms with Gasteiger partial charge in [-0.1, -0.05) is 60.2 Å². The molecule has 2 aliphatic rings. The van der Waals surface area contributed by atoms with Crippen molar-refractivity contribution in [2.24, 2.45) is 11.3 Å². The Kier molecular flexibility index (Phi) is 4.49. The molecule has 0 aliphatic heterocycles. The van der Waals surface area contributed by atoms with Gasteiger partial charge >= 0.3 is 5.97 Å². The SMILES string of the molecule is COC(=O)C1CC(C#N)(C#N)C2=C(CCc3ccccc32)[C@@H]1c1ccccc1. The topological polar surface area (TPSA) is 73.9 Å². The minimum Gasteiger partial charge on any atom is -0.469 e. The Morgan fingerprint density at radius 3 is 2.39 bits per heavy atom. The molecule has 0 saturated carbocycles. The molecule has 1 unspecified atom stereocenters. The number of methoxy groups -OCH3 is 1. The van der Waals surface area contributed by atoms with E-state index >= 15 is 0 Å². The highest BCUT2D eigenvalue weighted by atomic mass is 16.5. The Balaban J connectivity index is 2.03. The number of rotatable bonds is 2. The van der Waals surface area contributed by atoms with Gasteiger partial charge in [0, 0.05) is 5.92 Å². The van der Waals surface area contributed by atoms with Gasteiger partial charge in [0.25, 0.3) is 0 Å². The number of nitrogens with zero attached hydrogens (tertiary/aromatic N) is 2. The lowest BCUT2D eigenvalue weighted by Gasteiger charge is -2.43. The van der Waals surface area contributed by atoms with E-state index in [1.807, 2.05) is 48.5 Å². The van der Waals surface area contributed by atoms with E-state index in [1.165, 1.54) is 7.11 Å². The van der Waals surface area contributed by atoms with Crippen LogP contribution in [-0.2, 0) is 16.0 Å². The van der Waals surface area contributed by atoms with Gasteiger partial charge in [-0.3, -0.25) is 4.79 Å². The molecule has 0 saturated heterocycles. The molecule has 28 heavy (non-hydrogen) atoms. The summed E-state index contributed by atoms with van der Waals surface area (Å²) >= 11 is 0. The second-order valence-corrected chi connectivity index (χ2v) is 7.41. The first-order chi connectivity index (χ1) is 13.6. The van der Waals surface area contributed by atoms with Crippen LogP contribution in [0, 0.1) is 34.0 Å². The number of fused-ring (bicyclic) bond motifs is 2. The van der Waals surface area contributed by atoms with Crippen molar-refractivity contribution in [3.8, 4) is 12.1 Å². The van der Waals surface area contributed by atoms with Crippen molar-refractivity contribution in [1.82, 2.24) is 0 Å². The van der Waals surface area contributed by atoms with Crippen molar-refractivity contribution < 1.29 is 9.53 Å². The maximum absolute atomic E-state index is 12.7. The Morgan fingerprint density at radius 2 is 1.71 bits per heavy atom. The minimum absolute atomic E-state index is 0.138. The number of carbonyl (C=O) groups excluding carboxylic acids is 1. The number of aryl methyl sites for hydroxylation is 1. The van der Waals surface area contributed by atoms with Gasteiger partial charge in [0.05, 0.1) is 25.2 Å². The fraction of sp³-hybridized carbons (Fsp3) is 0.292. The van der Waals surface area contributed by atoms with Gasteiger partial charge in [0.1, 0.15) is 0 Å². The van der Waals surface area contributed by atoms with Crippen LogP contribution in [0.1, 0.15) is 35.4 Å². The average Bonchev–Trinajstić information content (AvgIpc) is 2.77. The molecule has 4 nitrogen and oxygen atoms in total. The normalized spacial score (nSPS) is 22.2. The number of benzene rings is 2. The molecule has 4 rings (SSSR count). The van der Waals surface area contributed by atoms with Gasteiger partial charge in [0.15, 0.2) is 5.41 Å². The van der Waals surface area contributed by atoms with Crippen molar-refractivity contribution in [2.75, 3.05) is 7.11 Å². The second-order valence-electron chi connectivity index (χ2n) is 7.41. The highest BCUT2D eigenvalue weighted by Gasteiger charge is 2.52. The van der Waals surface area contributed by atoms with E-state index in [-0.39, 0.29) is 18.3 Å². The predicted octanol–water partition coefficient (Wildman–Crippen LogP) is 4.40. The zero-order chi connectivity index (χ0) is 19.7. The first-order valence-electron chi connectivity index (χ1n) is 9.42. The van der Waals surface area contributed by atoms with Crippen LogP contribution in [0.15, 0.2) is 60.2 Å². The minimum atomic E-state index is -1.35. The first-order valence-corrected chi connectivity index (χ1v) is 9.42. The first kappa shape index (κ1) is 18.0. The van der Waals surface area contributed by atoms with Crippen LogP contribution < -0.4 is 0 Å². The Labute approximate surface area is 164 Å². The van der Waals surface area contributed by atoms with Gasteiger partial charge in [-0.15, -0.1) is 0 Å². The molecule has 2 aliphatic carbocycles. The quantitative estimate of drug-likeness (QED) is 0.737. The molecule has 0 radical (unpaired) electrons. The summed E-state index contributed by atoms with van der Waals surface area (Å²) in [6.07, 6.45) is 1.70.